The maximum absolute atomic E-state index is 13.7. The summed E-state index contributed by atoms with van der Waals surface area (Å²) in [6.45, 7) is 0. The highest BCUT2D eigenvalue weighted by atomic mass is 19.1. The van der Waals surface area contributed by atoms with Gasteiger partial charge in [0.25, 0.3) is 0 Å². The van der Waals surface area contributed by atoms with E-state index in [0.717, 1.165) is 0 Å². The molecule has 0 aromatic heterocycles. The second-order valence-corrected chi connectivity index (χ2v) is 4.14. The summed E-state index contributed by atoms with van der Waals surface area (Å²) in [6.07, 6.45) is 0. The molecule has 0 radical (unpaired) electrons. The van der Waals surface area contributed by atoms with Crippen molar-refractivity contribution < 1.29 is 19.0 Å². The molecule has 0 aliphatic heterocycles. The van der Waals surface area contributed by atoms with Crippen LogP contribution in [0, 0.1) is 5.82 Å². The molecule has 5 heteroatoms. The standard InChI is InChI=1S/C15H14FNO3/c1-20-15(19)14(10-6-2-5-9-13(10)18)17-12-8-4-3-7-11(12)16/h2-9,14,17-18H,1H3. The third kappa shape index (κ3) is 2.88. The molecule has 0 saturated carbocycles. The lowest BCUT2D eigenvalue weighted by molar-refractivity contribution is -0.141. The van der Waals surface area contributed by atoms with Crippen LogP contribution in [0.3, 0.4) is 0 Å². The number of carbonyl (C=O) groups excluding carboxylic acids is 1. The Morgan fingerprint density at radius 2 is 1.85 bits per heavy atom. The fraction of sp³-hybridized carbons (Fsp3) is 0.133. The molecular weight excluding hydrogens is 261 g/mol. The van der Waals surface area contributed by atoms with E-state index >= 15 is 0 Å². The molecule has 2 aromatic rings. The van der Waals surface area contributed by atoms with Crippen LogP contribution in [0.15, 0.2) is 48.5 Å². The van der Waals surface area contributed by atoms with Gasteiger partial charge in [-0.1, -0.05) is 30.3 Å². The monoisotopic (exact) mass is 275 g/mol. The first-order valence-corrected chi connectivity index (χ1v) is 6.00. The van der Waals surface area contributed by atoms with Gasteiger partial charge in [-0.15, -0.1) is 0 Å². The van der Waals surface area contributed by atoms with Gasteiger partial charge in [0.05, 0.1) is 12.8 Å². The molecule has 104 valence electrons. The summed E-state index contributed by atoms with van der Waals surface area (Å²) >= 11 is 0. The predicted molar refractivity (Wildman–Crippen MR) is 72.9 cm³/mol. The summed E-state index contributed by atoms with van der Waals surface area (Å²) < 4.78 is 18.4. The zero-order valence-corrected chi connectivity index (χ0v) is 10.8. The van der Waals surface area contributed by atoms with Crippen molar-refractivity contribution in [3.05, 3.63) is 59.9 Å². The minimum absolute atomic E-state index is 0.0632. The van der Waals surface area contributed by atoms with E-state index in [0.29, 0.717) is 5.56 Å². The average molecular weight is 275 g/mol. The zero-order chi connectivity index (χ0) is 14.5. The Hall–Kier alpha value is -2.56. The highest BCUT2D eigenvalue weighted by molar-refractivity contribution is 5.82. The van der Waals surface area contributed by atoms with Crippen molar-refractivity contribution in [1.82, 2.24) is 0 Å². The van der Waals surface area contributed by atoms with Crippen LogP contribution < -0.4 is 5.32 Å². The second kappa shape index (κ2) is 6.06. The van der Waals surface area contributed by atoms with Gasteiger partial charge in [-0.3, -0.25) is 0 Å². The van der Waals surface area contributed by atoms with Crippen molar-refractivity contribution in [2.45, 2.75) is 6.04 Å². The third-order valence-corrected chi connectivity index (χ3v) is 2.86. The van der Waals surface area contributed by atoms with E-state index in [1.54, 1.807) is 30.3 Å². The molecule has 20 heavy (non-hydrogen) atoms. The van der Waals surface area contributed by atoms with Crippen LogP contribution >= 0.6 is 0 Å². The Morgan fingerprint density at radius 1 is 1.20 bits per heavy atom. The van der Waals surface area contributed by atoms with Crippen LogP contribution in [0.4, 0.5) is 10.1 Å². The van der Waals surface area contributed by atoms with Crippen LogP contribution in [-0.2, 0) is 9.53 Å². The van der Waals surface area contributed by atoms with Crippen LogP contribution in [-0.4, -0.2) is 18.2 Å². The lowest BCUT2D eigenvalue weighted by Gasteiger charge is -2.19. The first kappa shape index (κ1) is 13.9. The molecule has 0 spiro atoms. The van der Waals surface area contributed by atoms with E-state index in [2.05, 4.69) is 5.32 Å². The fourth-order valence-corrected chi connectivity index (χ4v) is 1.85. The summed E-state index contributed by atoms with van der Waals surface area (Å²) in [7, 11) is 1.23. The number of aromatic hydroxyl groups is 1. The highest BCUT2D eigenvalue weighted by Crippen LogP contribution is 2.28. The van der Waals surface area contributed by atoms with Gasteiger partial charge in [0.1, 0.15) is 11.6 Å². The number of nitrogens with one attached hydrogen (secondary N) is 1. The van der Waals surface area contributed by atoms with E-state index < -0.39 is 17.8 Å². The molecule has 0 heterocycles. The van der Waals surface area contributed by atoms with Crippen molar-refractivity contribution >= 4 is 11.7 Å². The molecule has 4 nitrogen and oxygen atoms in total. The molecule has 0 saturated heterocycles. The number of rotatable bonds is 4. The number of anilines is 1. The Labute approximate surface area is 115 Å². The van der Waals surface area contributed by atoms with Gasteiger partial charge in [0.2, 0.25) is 0 Å². The summed E-state index contributed by atoms with van der Waals surface area (Å²) in [5.41, 5.74) is 0.480. The minimum Gasteiger partial charge on any atom is -0.508 e. The quantitative estimate of drug-likeness (QED) is 0.842. The van der Waals surface area contributed by atoms with Crippen molar-refractivity contribution in [3.63, 3.8) is 0 Å². The molecule has 2 rings (SSSR count). The normalized spacial score (nSPS) is 11.7. The van der Waals surface area contributed by atoms with E-state index in [-0.39, 0.29) is 11.4 Å². The first-order valence-electron chi connectivity index (χ1n) is 6.00. The molecule has 0 fully saturated rings. The minimum atomic E-state index is -0.988. The van der Waals surface area contributed by atoms with Crippen LogP contribution in [0.25, 0.3) is 0 Å². The largest absolute Gasteiger partial charge is 0.508 e. The molecule has 0 amide bonds. The number of hydrogen-bond acceptors (Lipinski definition) is 4. The van der Waals surface area contributed by atoms with Crippen molar-refractivity contribution in [2.75, 3.05) is 12.4 Å². The van der Waals surface area contributed by atoms with Gasteiger partial charge in [0.15, 0.2) is 6.04 Å². The van der Waals surface area contributed by atoms with Crippen LogP contribution in [0.5, 0.6) is 5.75 Å². The third-order valence-electron chi connectivity index (χ3n) is 2.86. The fourth-order valence-electron chi connectivity index (χ4n) is 1.85. The van der Waals surface area contributed by atoms with Crippen LogP contribution in [0.2, 0.25) is 0 Å². The molecule has 2 aromatic carbocycles. The Bertz CT molecular complexity index is 616. The number of hydrogen-bond donors (Lipinski definition) is 2. The smallest absolute Gasteiger partial charge is 0.333 e. The maximum atomic E-state index is 13.7. The SMILES string of the molecule is COC(=O)C(Nc1ccccc1F)c1ccccc1O. The van der Waals surface area contributed by atoms with Gasteiger partial charge in [-0.25, -0.2) is 9.18 Å². The number of phenols is 1. The number of carbonyl (C=O) groups is 1. The second-order valence-electron chi connectivity index (χ2n) is 4.14. The lowest BCUT2D eigenvalue weighted by Crippen LogP contribution is -2.22. The van der Waals surface area contributed by atoms with E-state index in [1.807, 2.05) is 0 Å². The number of ether oxygens (including phenoxy) is 1. The summed E-state index contributed by atoms with van der Waals surface area (Å²) in [5, 5.41) is 12.6. The highest BCUT2D eigenvalue weighted by Gasteiger charge is 2.24. The topological polar surface area (TPSA) is 58.6 Å². The molecule has 0 aliphatic rings. The lowest BCUT2D eigenvalue weighted by atomic mass is 10.1. The summed E-state index contributed by atoms with van der Waals surface area (Å²) in [6, 6.07) is 11.3. The summed E-state index contributed by atoms with van der Waals surface area (Å²) in [5.74, 6) is -1.17. The van der Waals surface area contributed by atoms with Gasteiger partial charge in [-0.2, -0.15) is 0 Å². The molecule has 1 unspecified atom stereocenters. The molecular formula is C15H14FNO3. The first-order chi connectivity index (χ1) is 9.63. The number of para-hydroxylation sites is 2. The van der Waals surface area contributed by atoms with Gasteiger partial charge >= 0.3 is 5.97 Å². The van der Waals surface area contributed by atoms with Gasteiger partial charge < -0.3 is 15.2 Å². The number of benzene rings is 2. The Morgan fingerprint density at radius 3 is 2.50 bits per heavy atom. The maximum Gasteiger partial charge on any atom is 0.333 e. The Kier molecular flexibility index (Phi) is 4.20. The van der Waals surface area contributed by atoms with Gasteiger partial charge in [0, 0.05) is 5.56 Å². The predicted octanol–water partition coefficient (Wildman–Crippen LogP) is 2.86. The number of esters is 1. The molecule has 1 atom stereocenters. The molecule has 0 bridgehead atoms. The molecule has 0 aliphatic carbocycles. The Balaban J connectivity index is 2.37. The molecule has 2 N–H and O–H groups in total. The number of phenolic OH excluding ortho intramolecular Hbond substituents is 1. The van der Waals surface area contributed by atoms with Crippen molar-refractivity contribution in [2.24, 2.45) is 0 Å². The van der Waals surface area contributed by atoms with Gasteiger partial charge in [-0.05, 0) is 18.2 Å². The van der Waals surface area contributed by atoms with Crippen LogP contribution in [0.1, 0.15) is 11.6 Å². The van der Waals surface area contributed by atoms with E-state index in [1.165, 1.54) is 25.3 Å². The summed E-state index contributed by atoms with van der Waals surface area (Å²) in [4.78, 5) is 11.9. The van der Waals surface area contributed by atoms with E-state index in [9.17, 15) is 14.3 Å². The average Bonchev–Trinajstić information content (AvgIpc) is 2.47. The van der Waals surface area contributed by atoms with E-state index in [4.69, 9.17) is 4.74 Å². The zero-order valence-electron chi connectivity index (χ0n) is 10.8. The number of halogens is 1. The number of methoxy groups -OCH3 is 1. The van der Waals surface area contributed by atoms with Crippen molar-refractivity contribution in [1.29, 1.82) is 0 Å². The van der Waals surface area contributed by atoms with Crippen molar-refractivity contribution in [3.8, 4) is 5.75 Å².